The molecule has 1 aromatic heterocycles. The van der Waals surface area contributed by atoms with Crippen LogP contribution in [0.1, 0.15) is 34.5 Å². The molecule has 1 amide bonds. The summed E-state index contributed by atoms with van der Waals surface area (Å²) in [5.74, 6) is 0.127. The van der Waals surface area contributed by atoms with Crippen molar-refractivity contribution in [2.75, 3.05) is 13.3 Å². The van der Waals surface area contributed by atoms with E-state index in [9.17, 15) is 18.0 Å². The molecule has 34 heavy (non-hydrogen) atoms. The first-order valence-corrected chi connectivity index (χ1v) is 12.7. The summed E-state index contributed by atoms with van der Waals surface area (Å²) >= 11 is 0. The topological polar surface area (TPSA) is 84.7 Å². The molecule has 1 heterocycles. The first kappa shape index (κ1) is 23.4. The highest BCUT2D eigenvalue weighted by atomic mass is 32.2. The number of amides is 1. The van der Waals surface area contributed by atoms with Crippen LogP contribution in [0.15, 0.2) is 86.9 Å². The van der Waals surface area contributed by atoms with Gasteiger partial charge in [0.2, 0.25) is 0 Å². The van der Waals surface area contributed by atoms with Gasteiger partial charge in [0.15, 0.2) is 20.8 Å². The summed E-state index contributed by atoms with van der Waals surface area (Å²) in [6, 6.07) is 20.4. The van der Waals surface area contributed by atoms with Crippen LogP contribution in [-0.4, -0.2) is 32.5 Å². The van der Waals surface area contributed by atoms with Gasteiger partial charge in [-0.15, -0.1) is 0 Å². The van der Waals surface area contributed by atoms with Crippen molar-refractivity contribution < 1.29 is 17.6 Å². The van der Waals surface area contributed by atoms with Gasteiger partial charge in [-0.05, 0) is 43.7 Å². The fraction of sp³-hybridized carbons (Fsp3) is 0.185. The number of rotatable bonds is 5. The molecule has 0 saturated carbocycles. The van der Waals surface area contributed by atoms with Crippen LogP contribution in [0.4, 0.5) is 0 Å². The number of fused-ring (bicyclic) bond motifs is 1. The molecule has 0 aliphatic rings. The molecule has 4 aromatic rings. The lowest BCUT2D eigenvalue weighted by Gasteiger charge is -2.26. The van der Waals surface area contributed by atoms with Crippen LogP contribution >= 0.6 is 0 Å². The van der Waals surface area contributed by atoms with Crippen LogP contribution < -0.4 is 5.43 Å². The van der Waals surface area contributed by atoms with E-state index in [0.717, 1.165) is 17.4 Å². The van der Waals surface area contributed by atoms with Crippen LogP contribution in [0.2, 0.25) is 0 Å². The number of hydrogen-bond acceptors (Lipinski definition) is 5. The minimum absolute atomic E-state index is 0.179. The molecule has 0 N–H and O–H groups in total. The Morgan fingerprint density at radius 1 is 0.941 bits per heavy atom. The summed E-state index contributed by atoms with van der Waals surface area (Å²) in [4.78, 5) is 28.4. The molecule has 7 heteroatoms. The van der Waals surface area contributed by atoms with Crippen LogP contribution in [-0.2, 0) is 9.84 Å². The van der Waals surface area contributed by atoms with E-state index < -0.39 is 9.84 Å². The van der Waals surface area contributed by atoms with E-state index in [1.807, 2.05) is 37.3 Å². The zero-order chi connectivity index (χ0) is 24.6. The van der Waals surface area contributed by atoms with Crippen molar-refractivity contribution in [1.82, 2.24) is 4.90 Å². The highest BCUT2D eigenvalue weighted by molar-refractivity contribution is 7.90. The van der Waals surface area contributed by atoms with Gasteiger partial charge in [0.25, 0.3) is 5.91 Å². The Hall–Kier alpha value is -3.71. The van der Waals surface area contributed by atoms with Crippen molar-refractivity contribution in [3.8, 4) is 11.3 Å². The summed E-state index contributed by atoms with van der Waals surface area (Å²) < 4.78 is 29.7. The molecule has 4 rings (SSSR count). The minimum atomic E-state index is -3.31. The lowest BCUT2D eigenvalue weighted by molar-refractivity contribution is 0.0743. The Labute approximate surface area is 198 Å². The van der Waals surface area contributed by atoms with Gasteiger partial charge in [0, 0.05) is 24.4 Å². The predicted octanol–water partition coefficient (Wildman–Crippen LogP) is 5.01. The first-order chi connectivity index (χ1) is 16.1. The molecule has 0 unspecified atom stereocenters. The van der Waals surface area contributed by atoms with Gasteiger partial charge in [-0.1, -0.05) is 48.5 Å². The average Bonchev–Trinajstić information content (AvgIpc) is 2.84. The van der Waals surface area contributed by atoms with Gasteiger partial charge < -0.3 is 9.32 Å². The van der Waals surface area contributed by atoms with Crippen molar-refractivity contribution >= 4 is 26.7 Å². The van der Waals surface area contributed by atoms with E-state index in [0.29, 0.717) is 16.7 Å². The zero-order valence-electron chi connectivity index (χ0n) is 19.4. The molecule has 0 spiro atoms. The number of para-hydroxylation sites is 1. The Morgan fingerprint density at radius 3 is 2.21 bits per heavy atom. The van der Waals surface area contributed by atoms with Crippen molar-refractivity contribution in [2.45, 2.75) is 24.8 Å². The standard InChI is InChI=1S/C27H25NO5S/c1-17-24(29)22-11-8-12-23(26(22)33-25(17)20-9-6-5-7-10-20)27(30)28(3)18(2)19-13-15-21(16-14-19)34(4,31)32/h5-16,18H,1-4H3/t18-/m0/s1. The van der Waals surface area contributed by atoms with Gasteiger partial charge >= 0.3 is 0 Å². The van der Waals surface area contributed by atoms with E-state index in [-0.39, 0.29) is 33.4 Å². The lowest BCUT2D eigenvalue weighted by Crippen LogP contribution is -2.30. The van der Waals surface area contributed by atoms with E-state index in [1.165, 1.54) is 12.1 Å². The summed E-state index contributed by atoms with van der Waals surface area (Å²) in [5.41, 5.74) is 2.37. The number of carbonyl (C=O) groups is 1. The number of nitrogens with zero attached hydrogens (tertiary/aromatic N) is 1. The van der Waals surface area contributed by atoms with Crippen molar-refractivity contribution in [3.63, 3.8) is 0 Å². The zero-order valence-corrected chi connectivity index (χ0v) is 20.2. The maximum Gasteiger partial charge on any atom is 0.257 e. The normalized spacial score (nSPS) is 12.5. The highest BCUT2D eigenvalue weighted by Crippen LogP contribution is 2.29. The Morgan fingerprint density at radius 2 is 1.59 bits per heavy atom. The Bertz CT molecular complexity index is 1540. The summed E-state index contributed by atoms with van der Waals surface area (Å²) in [5, 5.41) is 0.349. The van der Waals surface area contributed by atoms with Gasteiger partial charge in [-0.3, -0.25) is 9.59 Å². The van der Waals surface area contributed by atoms with Crippen molar-refractivity contribution in [1.29, 1.82) is 0 Å². The maximum absolute atomic E-state index is 13.5. The van der Waals surface area contributed by atoms with Crippen LogP contribution in [0.25, 0.3) is 22.3 Å². The van der Waals surface area contributed by atoms with Gasteiger partial charge in [-0.2, -0.15) is 0 Å². The Balaban J connectivity index is 1.76. The third-order valence-corrected chi connectivity index (χ3v) is 7.23. The highest BCUT2D eigenvalue weighted by Gasteiger charge is 2.24. The van der Waals surface area contributed by atoms with Crippen LogP contribution in [0, 0.1) is 6.92 Å². The van der Waals surface area contributed by atoms with E-state index in [2.05, 4.69) is 0 Å². The van der Waals surface area contributed by atoms with Crippen LogP contribution in [0.5, 0.6) is 0 Å². The molecule has 0 bridgehead atoms. The average molecular weight is 476 g/mol. The minimum Gasteiger partial charge on any atom is -0.455 e. The quantitative estimate of drug-likeness (QED) is 0.405. The SMILES string of the molecule is Cc1c(-c2ccccc2)oc2c(C(=O)N(C)[C@@H](C)c3ccc(S(C)(=O)=O)cc3)cccc2c1=O. The fourth-order valence-electron chi connectivity index (χ4n) is 3.93. The molecular weight excluding hydrogens is 450 g/mol. The molecule has 0 radical (unpaired) electrons. The predicted molar refractivity (Wildman–Crippen MR) is 133 cm³/mol. The number of benzene rings is 3. The summed E-state index contributed by atoms with van der Waals surface area (Å²) in [6.45, 7) is 3.57. The second-order valence-electron chi connectivity index (χ2n) is 8.37. The van der Waals surface area contributed by atoms with Crippen molar-refractivity contribution in [2.24, 2.45) is 0 Å². The van der Waals surface area contributed by atoms with E-state index >= 15 is 0 Å². The molecule has 3 aromatic carbocycles. The number of carbonyl (C=O) groups excluding carboxylic acids is 1. The smallest absolute Gasteiger partial charge is 0.257 e. The van der Waals surface area contributed by atoms with Gasteiger partial charge in [0.1, 0.15) is 5.76 Å². The molecule has 0 saturated heterocycles. The van der Waals surface area contributed by atoms with E-state index in [1.54, 1.807) is 49.2 Å². The van der Waals surface area contributed by atoms with Gasteiger partial charge in [0.05, 0.1) is 21.9 Å². The van der Waals surface area contributed by atoms with E-state index in [4.69, 9.17) is 4.42 Å². The van der Waals surface area contributed by atoms with Crippen molar-refractivity contribution in [3.05, 3.63) is 99.7 Å². The third-order valence-electron chi connectivity index (χ3n) is 6.10. The molecule has 1 atom stereocenters. The maximum atomic E-state index is 13.5. The Kier molecular flexibility index (Phi) is 6.15. The monoisotopic (exact) mass is 475 g/mol. The number of hydrogen-bond donors (Lipinski definition) is 0. The molecule has 0 aliphatic heterocycles. The molecule has 0 aliphatic carbocycles. The first-order valence-electron chi connectivity index (χ1n) is 10.8. The molecular formula is C27H25NO5S. The van der Waals surface area contributed by atoms with Gasteiger partial charge in [-0.25, -0.2) is 8.42 Å². The summed E-state index contributed by atoms with van der Waals surface area (Å²) in [6.07, 6.45) is 1.15. The summed E-state index contributed by atoms with van der Waals surface area (Å²) in [7, 11) is -1.64. The number of sulfone groups is 1. The lowest BCUT2D eigenvalue weighted by atomic mass is 10.0. The molecule has 174 valence electrons. The third kappa shape index (κ3) is 4.26. The molecule has 6 nitrogen and oxygen atoms in total. The second-order valence-corrected chi connectivity index (χ2v) is 10.4. The molecule has 0 fully saturated rings. The fourth-order valence-corrected chi connectivity index (χ4v) is 4.56. The van der Waals surface area contributed by atoms with Crippen LogP contribution in [0.3, 0.4) is 0 Å². The largest absolute Gasteiger partial charge is 0.455 e. The second kappa shape index (κ2) is 8.91.